The van der Waals surface area contributed by atoms with E-state index in [0.29, 0.717) is 17.5 Å². The Morgan fingerprint density at radius 1 is 1.00 bits per heavy atom. The number of ether oxygens (including phenoxy) is 2. The molecule has 1 aliphatic heterocycles. The van der Waals surface area contributed by atoms with Crippen molar-refractivity contribution in [2.24, 2.45) is 0 Å². The first-order valence-corrected chi connectivity index (χ1v) is 5.29. The van der Waals surface area contributed by atoms with Crippen LogP contribution in [0.1, 0.15) is 25.7 Å². The highest BCUT2D eigenvalue weighted by atomic mass is 32.1. The Balaban J connectivity index is 1.94. The van der Waals surface area contributed by atoms with E-state index in [0.717, 1.165) is 32.5 Å². The van der Waals surface area contributed by atoms with Crippen LogP contribution in [-0.2, 0) is 9.47 Å². The van der Waals surface area contributed by atoms with Crippen molar-refractivity contribution < 1.29 is 9.47 Å². The Morgan fingerprint density at radius 3 is 2.58 bits per heavy atom. The lowest BCUT2D eigenvalue weighted by Gasteiger charge is -2.32. The molecule has 0 N–H and O–H groups in total. The summed E-state index contributed by atoms with van der Waals surface area (Å²) in [5.74, 6) is 0. The fraction of sp³-hybridized carbons (Fsp3) is 1.00. The number of rotatable bonds is 0. The van der Waals surface area contributed by atoms with Crippen molar-refractivity contribution in [2.75, 3.05) is 13.2 Å². The van der Waals surface area contributed by atoms with Crippen LogP contribution >= 0.6 is 12.6 Å². The zero-order valence-corrected chi connectivity index (χ0v) is 8.13. The predicted octanol–water partition coefficient (Wildman–Crippen LogP) is 1.64. The molecule has 3 heteroatoms. The van der Waals surface area contributed by atoms with Gasteiger partial charge in [-0.25, -0.2) is 0 Å². The van der Waals surface area contributed by atoms with Crippen LogP contribution in [0.25, 0.3) is 0 Å². The lowest BCUT2D eigenvalue weighted by atomic mass is 9.94. The minimum atomic E-state index is 0.323. The fourth-order valence-corrected chi connectivity index (χ4v) is 2.33. The fourth-order valence-electron chi connectivity index (χ4n) is 1.97. The molecule has 0 aromatic rings. The van der Waals surface area contributed by atoms with Crippen LogP contribution in [0.2, 0.25) is 0 Å². The second-order valence-electron chi connectivity index (χ2n) is 3.64. The first-order chi connectivity index (χ1) is 5.86. The van der Waals surface area contributed by atoms with Gasteiger partial charge in [-0.1, -0.05) is 0 Å². The molecule has 0 bridgehead atoms. The molecule has 0 spiro atoms. The molecule has 12 heavy (non-hydrogen) atoms. The molecule has 1 saturated carbocycles. The van der Waals surface area contributed by atoms with Crippen molar-refractivity contribution in [1.29, 1.82) is 0 Å². The summed E-state index contributed by atoms with van der Waals surface area (Å²) in [6, 6.07) is 0. The van der Waals surface area contributed by atoms with E-state index < -0.39 is 0 Å². The van der Waals surface area contributed by atoms with E-state index in [9.17, 15) is 0 Å². The summed E-state index contributed by atoms with van der Waals surface area (Å²) in [5.41, 5.74) is 0. The van der Waals surface area contributed by atoms with Crippen LogP contribution in [0.3, 0.4) is 0 Å². The van der Waals surface area contributed by atoms with Gasteiger partial charge >= 0.3 is 0 Å². The van der Waals surface area contributed by atoms with Gasteiger partial charge in [0, 0.05) is 18.5 Å². The zero-order valence-electron chi connectivity index (χ0n) is 7.24. The molecule has 0 aromatic carbocycles. The van der Waals surface area contributed by atoms with Crippen LogP contribution in [0.4, 0.5) is 0 Å². The average Bonchev–Trinajstić information content (AvgIpc) is 2.28. The largest absolute Gasteiger partial charge is 0.375 e. The SMILES string of the molecule is SC1CCC2OCCCOC2C1. The molecule has 1 aliphatic carbocycles. The molecule has 3 unspecified atom stereocenters. The maximum absolute atomic E-state index is 5.70. The van der Waals surface area contributed by atoms with E-state index in [-0.39, 0.29) is 0 Å². The van der Waals surface area contributed by atoms with Crippen molar-refractivity contribution in [3.05, 3.63) is 0 Å². The molecular formula is C9H16O2S. The van der Waals surface area contributed by atoms with Crippen LogP contribution in [-0.4, -0.2) is 30.7 Å². The summed E-state index contributed by atoms with van der Waals surface area (Å²) >= 11 is 4.48. The first kappa shape index (κ1) is 8.85. The van der Waals surface area contributed by atoms with Crippen molar-refractivity contribution in [1.82, 2.24) is 0 Å². The van der Waals surface area contributed by atoms with E-state index in [1.165, 1.54) is 6.42 Å². The van der Waals surface area contributed by atoms with E-state index in [4.69, 9.17) is 9.47 Å². The summed E-state index contributed by atoms with van der Waals surface area (Å²) < 4.78 is 11.4. The van der Waals surface area contributed by atoms with Gasteiger partial charge in [-0.3, -0.25) is 0 Å². The summed E-state index contributed by atoms with van der Waals surface area (Å²) in [5, 5.41) is 0.521. The van der Waals surface area contributed by atoms with Crippen LogP contribution < -0.4 is 0 Å². The quantitative estimate of drug-likeness (QED) is 0.583. The van der Waals surface area contributed by atoms with Crippen LogP contribution in [0.5, 0.6) is 0 Å². The van der Waals surface area contributed by atoms with Gasteiger partial charge in [0.2, 0.25) is 0 Å². The topological polar surface area (TPSA) is 18.5 Å². The van der Waals surface area contributed by atoms with Gasteiger partial charge in [-0.2, -0.15) is 12.6 Å². The third-order valence-electron chi connectivity index (χ3n) is 2.66. The minimum absolute atomic E-state index is 0.323. The number of hydrogen-bond acceptors (Lipinski definition) is 3. The first-order valence-electron chi connectivity index (χ1n) is 4.77. The second kappa shape index (κ2) is 3.99. The second-order valence-corrected chi connectivity index (χ2v) is 4.37. The number of hydrogen-bond donors (Lipinski definition) is 1. The van der Waals surface area contributed by atoms with Crippen molar-refractivity contribution in [3.8, 4) is 0 Å². The molecule has 2 nitrogen and oxygen atoms in total. The van der Waals surface area contributed by atoms with E-state index in [2.05, 4.69) is 12.6 Å². The zero-order chi connectivity index (χ0) is 8.39. The summed E-state index contributed by atoms with van der Waals surface area (Å²) in [7, 11) is 0. The summed E-state index contributed by atoms with van der Waals surface area (Å²) in [6.07, 6.45) is 5.09. The average molecular weight is 188 g/mol. The van der Waals surface area contributed by atoms with Crippen molar-refractivity contribution >= 4 is 12.6 Å². The van der Waals surface area contributed by atoms with Crippen LogP contribution in [0.15, 0.2) is 0 Å². The Labute approximate surface area is 79.0 Å². The monoisotopic (exact) mass is 188 g/mol. The highest BCUT2D eigenvalue weighted by Gasteiger charge is 2.31. The maximum Gasteiger partial charge on any atom is 0.0847 e. The molecule has 1 heterocycles. The molecule has 1 saturated heterocycles. The van der Waals surface area contributed by atoms with Gasteiger partial charge in [0.1, 0.15) is 0 Å². The van der Waals surface area contributed by atoms with Crippen molar-refractivity contribution in [2.45, 2.75) is 43.1 Å². The maximum atomic E-state index is 5.70. The van der Waals surface area contributed by atoms with Gasteiger partial charge in [0.25, 0.3) is 0 Å². The standard InChI is InChI=1S/C9H16O2S/c12-7-2-3-8-9(6-7)11-5-1-4-10-8/h7-9,12H,1-6H2. The molecule has 2 fully saturated rings. The van der Waals surface area contributed by atoms with Crippen LogP contribution in [0, 0.1) is 0 Å². The van der Waals surface area contributed by atoms with E-state index >= 15 is 0 Å². The van der Waals surface area contributed by atoms with E-state index in [1.807, 2.05) is 0 Å². The predicted molar refractivity (Wildman–Crippen MR) is 50.7 cm³/mol. The molecule has 2 aliphatic rings. The van der Waals surface area contributed by atoms with E-state index in [1.54, 1.807) is 0 Å². The third-order valence-corrected chi connectivity index (χ3v) is 3.13. The molecule has 0 radical (unpaired) electrons. The van der Waals surface area contributed by atoms with Gasteiger partial charge in [0.15, 0.2) is 0 Å². The van der Waals surface area contributed by atoms with Gasteiger partial charge < -0.3 is 9.47 Å². The Hall–Kier alpha value is 0.270. The summed E-state index contributed by atoms with van der Waals surface area (Å²) in [6.45, 7) is 1.74. The number of thiol groups is 1. The Bertz CT molecular complexity index is 151. The molecule has 0 amide bonds. The third kappa shape index (κ3) is 1.95. The highest BCUT2D eigenvalue weighted by Crippen LogP contribution is 2.28. The molecule has 0 aromatic heterocycles. The molecule has 70 valence electrons. The molecule has 2 rings (SSSR count). The Kier molecular flexibility index (Phi) is 2.94. The lowest BCUT2D eigenvalue weighted by molar-refractivity contribution is -0.0561. The van der Waals surface area contributed by atoms with Gasteiger partial charge in [-0.05, 0) is 25.7 Å². The number of fused-ring (bicyclic) bond motifs is 1. The molecule has 3 atom stereocenters. The Morgan fingerprint density at radius 2 is 1.75 bits per heavy atom. The normalized spacial score (nSPS) is 43.2. The van der Waals surface area contributed by atoms with Gasteiger partial charge in [-0.15, -0.1) is 0 Å². The minimum Gasteiger partial charge on any atom is -0.375 e. The summed E-state index contributed by atoms with van der Waals surface area (Å²) in [4.78, 5) is 0. The lowest BCUT2D eigenvalue weighted by Crippen LogP contribution is -2.36. The molecular weight excluding hydrogens is 172 g/mol. The highest BCUT2D eigenvalue weighted by molar-refractivity contribution is 7.80. The smallest absolute Gasteiger partial charge is 0.0847 e. The van der Waals surface area contributed by atoms with Crippen molar-refractivity contribution in [3.63, 3.8) is 0 Å². The van der Waals surface area contributed by atoms with Gasteiger partial charge in [0.05, 0.1) is 12.2 Å².